The molecule has 142 valence electrons. The molecule has 6 heteroatoms. The molecule has 0 amide bonds. The largest absolute Gasteiger partial charge is 0.480 e. The van der Waals surface area contributed by atoms with Gasteiger partial charge >= 0.3 is 5.97 Å². The molecule has 1 aromatic rings. The van der Waals surface area contributed by atoms with E-state index in [0.29, 0.717) is 24.0 Å². The summed E-state index contributed by atoms with van der Waals surface area (Å²) in [4.78, 5) is 13.3. The van der Waals surface area contributed by atoms with E-state index in [1.165, 1.54) is 18.4 Å². The number of nitrogens with zero attached hydrogens (tertiary/aromatic N) is 1. The molecule has 0 aromatic heterocycles. The van der Waals surface area contributed by atoms with Gasteiger partial charge in [-0.2, -0.15) is 0 Å². The summed E-state index contributed by atoms with van der Waals surface area (Å²) in [5.41, 5.74) is 8.02. The highest BCUT2D eigenvalue weighted by Gasteiger charge is 2.37. The lowest BCUT2D eigenvalue weighted by Crippen LogP contribution is -2.55. The van der Waals surface area contributed by atoms with Gasteiger partial charge in [0.15, 0.2) is 0 Å². The van der Waals surface area contributed by atoms with Crippen LogP contribution in [-0.4, -0.2) is 54.2 Å². The van der Waals surface area contributed by atoms with Crippen molar-refractivity contribution in [2.24, 2.45) is 11.8 Å². The van der Waals surface area contributed by atoms with Crippen LogP contribution in [0.5, 0.6) is 0 Å². The van der Waals surface area contributed by atoms with Gasteiger partial charge in [-0.15, -0.1) is 0 Å². The van der Waals surface area contributed by atoms with E-state index in [4.69, 9.17) is 5.11 Å². The summed E-state index contributed by atoms with van der Waals surface area (Å²) in [6.07, 6.45) is 4.69. The molecule has 2 aliphatic carbocycles. The summed E-state index contributed by atoms with van der Waals surface area (Å²) in [5.74, 6) is 0.567. The Bertz CT molecular complexity index is 601. The van der Waals surface area contributed by atoms with Crippen LogP contribution in [0.2, 0.25) is 0 Å². The first-order valence-electron chi connectivity index (χ1n) is 9.91. The topological polar surface area (TPSA) is 76.6 Å². The molecule has 4 rings (SSSR count). The van der Waals surface area contributed by atoms with E-state index >= 15 is 0 Å². The van der Waals surface area contributed by atoms with Crippen molar-refractivity contribution >= 4 is 5.97 Å². The fourth-order valence-electron chi connectivity index (χ4n) is 4.26. The van der Waals surface area contributed by atoms with Gasteiger partial charge in [-0.05, 0) is 37.2 Å². The van der Waals surface area contributed by atoms with Gasteiger partial charge in [0.2, 0.25) is 0 Å². The van der Waals surface area contributed by atoms with Crippen LogP contribution >= 0.6 is 0 Å². The molecule has 3 aliphatic rings. The number of hydrogen-bond donors (Lipinski definition) is 4. The van der Waals surface area contributed by atoms with Crippen molar-refractivity contribution in [2.75, 3.05) is 26.2 Å². The van der Waals surface area contributed by atoms with Crippen LogP contribution in [0.1, 0.15) is 37.3 Å². The lowest BCUT2D eigenvalue weighted by Gasteiger charge is -2.43. The molecular weight excluding hydrogens is 328 g/mol. The van der Waals surface area contributed by atoms with Crippen molar-refractivity contribution in [3.8, 4) is 0 Å². The van der Waals surface area contributed by atoms with Crippen molar-refractivity contribution in [1.29, 1.82) is 0 Å². The minimum absolute atomic E-state index is 0.195. The molecule has 0 spiro atoms. The molecule has 1 saturated heterocycles. The maximum Gasteiger partial charge on any atom is 0.317 e. The predicted molar refractivity (Wildman–Crippen MR) is 101 cm³/mol. The number of hydrazine groups is 1. The number of rotatable bonds is 9. The average molecular weight is 358 g/mol. The molecule has 0 radical (unpaired) electrons. The fourth-order valence-corrected chi connectivity index (χ4v) is 4.26. The monoisotopic (exact) mass is 358 g/mol. The lowest BCUT2D eigenvalue weighted by molar-refractivity contribution is -0.139. The summed E-state index contributed by atoms with van der Waals surface area (Å²) in [6, 6.07) is 11.9. The Labute approximate surface area is 155 Å². The second kappa shape index (κ2) is 8.05. The number of benzene rings is 1. The summed E-state index contributed by atoms with van der Waals surface area (Å²) >= 11 is 0. The van der Waals surface area contributed by atoms with Gasteiger partial charge in [0.25, 0.3) is 0 Å². The second-order valence-corrected chi connectivity index (χ2v) is 8.17. The van der Waals surface area contributed by atoms with E-state index in [9.17, 15) is 4.79 Å². The van der Waals surface area contributed by atoms with Crippen LogP contribution in [0.3, 0.4) is 0 Å². The van der Waals surface area contributed by atoms with Crippen LogP contribution in [0.4, 0.5) is 0 Å². The Hall–Kier alpha value is -1.47. The quantitative estimate of drug-likeness (QED) is 0.534. The molecule has 2 unspecified atom stereocenters. The van der Waals surface area contributed by atoms with Gasteiger partial charge in [-0.3, -0.25) is 15.1 Å². The van der Waals surface area contributed by atoms with Crippen LogP contribution < -0.4 is 16.2 Å². The predicted octanol–water partition coefficient (Wildman–Crippen LogP) is 1.37. The highest BCUT2D eigenvalue weighted by Crippen LogP contribution is 2.34. The summed E-state index contributed by atoms with van der Waals surface area (Å²) in [6.45, 7) is 3.12. The van der Waals surface area contributed by atoms with Crippen molar-refractivity contribution in [3.63, 3.8) is 0 Å². The number of carboxylic acid groups (broad SMARTS) is 1. The molecule has 0 bridgehead atoms. The van der Waals surface area contributed by atoms with E-state index in [-0.39, 0.29) is 6.54 Å². The highest BCUT2D eigenvalue weighted by atomic mass is 16.4. The standard InChI is InChI=1S/C20H30N4O2/c25-19(26)13-24(12-14-6-7-14)18-8-17(9-18)21-10-16-11-22-23-20(16)15-4-2-1-3-5-15/h1-5,14,16-18,20-23H,6-13H2,(H,25,26). The van der Waals surface area contributed by atoms with Crippen molar-refractivity contribution in [2.45, 2.75) is 43.8 Å². The third-order valence-corrected chi connectivity index (χ3v) is 6.08. The molecular formula is C20H30N4O2. The van der Waals surface area contributed by atoms with Crippen LogP contribution in [-0.2, 0) is 4.79 Å². The smallest absolute Gasteiger partial charge is 0.317 e. The van der Waals surface area contributed by atoms with Crippen molar-refractivity contribution in [3.05, 3.63) is 35.9 Å². The zero-order valence-corrected chi connectivity index (χ0v) is 15.2. The third-order valence-electron chi connectivity index (χ3n) is 6.08. The van der Waals surface area contributed by atoms with Crippen molar-refractivity contribution in [1.82, 2.24) is 21.1 Å². The zero-order chi connectivity index (χ0) is 17.9. The Morgan fingerprint density at radius 3 is 2.69 bits per heavy atom. The zero-order valence-electron chi connectivity index (χ0n) is 15.2. The van der Waals surface area contributed by atoms with Gasteiger partial charge in [0, 0.05) is 37.6 Å². The van der Waals surface area contributed by atoms with E-state index in [1.54, 1.807) is 0 Å². The van der Waals surface area contributed by atoms with Gasteiger partial charge in [0.05, 0.1) is 12.6 Å². The van der Waals surface area contributed by atoms with Crippen LogP contribution in [0.25, 0.3) is 0 Å². The van der Waals surface area contributed by atoms with E-state index in [2.05, 4.69) is 51.4 Å². The Balaban J connectivity index is 1.23. The fraction of sp³-hybridized carbons (Fsp3) is 0.650. The Kier molecular flexibility index (Phi) is 5.55. The number of hydrogen-bond acceptors (Lipinski definition) is 5. The van der Waals surface area contributed by atoms with E-state index in [1.807, 2.05) is 0 Å². The molecule has 1 aromatic carbocycles. The molecule has 26 heavy (non-hydrogen) atoms. The first-order valence-corrected chi connectivity index (χ1v) is 9.91. The Morgan fingerprint density at radius 1 is 1.23 bits per heavy atom. The molecule has 1 heterocycles. The molecule has 3 fully saturated rings. The van der Waals surface area contributed by atoms with E-state index < -0.39 is 5.97 Å². The molecule has 2 atom stereocenters. The molecule has 2 saturated carbocycles. The minimum Gasteiger partial charge on any atom is -0.480 e. The van der Waals surface area contributed by atoms with Gasteiger partial charge < -0.3 is 10.4 Å². The maximum atomic E-state index is 11.1. The number of aliphatic carboxylic acids is 1. The SMILES string of the molecule is O=C(O)CN(CC1CC1)C1CC(NCC2CNNC2c2ccccc2)C1. The molecule has 1 aliphatic heterocycles. The average Bonchev–Trinajstić information content (AvgIpc) is 3.28. The lowest BCUT2D eigenvalue weighted by atomic mass is 9.84. The third kappa shape index (κ3) is 4.43. The summed E-state index contributed by atoms with van der Waals surface area (Å²) in [7, 11) is 0. The van der Waals surface area contributed by atoms with Crippen LogP contribution in [0.15, 0.2) is 30.3 Å². The van der Waals surface area contributed by atoms with Crippen molar-refractivity contribution < 1.29 is 9.90 Å². The summed E-state index contributed by atoms with van der Waals surface area (Å²) in [5, 5.41) is 12.9. The molecule has 4 N–H and O–H groups in total. The Morgan fingerprint density at radius 2 is 2.00 bits per heavy atom. The number of carboxylic acids is 1. The first-order chi connectivity index (χ1) is 12.7. The number of nitrogens with one attached hydrogen (secondary N) is 3. The van der Waals surface area contributed by atoms with Gasteiger partial charge in [-0.1, -0.05) is 30.3 Å². The number of carbonyl (C=O) groups is 1. The maximum absolute atomic E-state index is 11.1. The normalized spacial score (nSPS) is 31.1. The van der Waals surface area contributed by atoms with Gasteiger partial charge in [-0.25, -0.2) is 5.43 Å². The van der Waals surface area contributed by atoms with Crippen LogP contribution in [0, 0.1) is 11.8 Å². The molecule has 6 nitrogen and oxygen atoms in total. The van der Waals surface area contributed by atoms with E-state index in [0.717, 1.165) is 38.4 Å². The summed E-state index contributed by atoms with van der Waals surface area (Å²) < 4.78 is 0. The highest BCUT2D eigenvalue weighted by molar-refractivity contribution is 5.69. The minimum atomic E-state index is -0.698. The van der Waals surface area contributed by atoms with Gasteiger partial charge in [0.1, 0.15) is 0 Å². The second-order valence-electron chi connectivity index (χ2n) is 8.17. The first kappa shape index (κ1) is 17.9.